The summed E-state index contributed by atoms with van der Waals surface area (Å²) in [5.41, 5.74) is 3.79. The number of rotatable bonds is 16. The molecule has 1 aliphatic heterocycles. The van der Waals surface area contributed by atoms with Crippen molar-refractivity contribution in [3.05, 3.63) is 84.8 Å². The minimum absolute atomic E-state index is 0.514. The van der Waals surface area contributed by atoms with Gasteiger partial charge in [-0.3, -0.25) is 0 Å². The molecule has 1 saturated carbocycles. The summed E-state index contributed by atoms with van der Waals surface area (Å²) >= 11 is 0. The number of likely N-dealkylation sites (tertiary alicyclic amines) is 1. The van der Waals surface area contributed by atoms with Gasteiger partial charge in [-0.25, -0.2) is 5.84 Å². The number of unbranched alkanes of at least 4 members (excludes halogenated alkanes) is 1. The minimum Gasteiger partial charge on any atom is -0.493 e. The van der Waals surface area contributed by atoms with E-state index < -0.39 is 0 Å². The van der Waals surface area contributed by atoms with Gasteiger partial charge in [-0.1, -0.05) is 58.4 Å². The van der Waals surface area contributed by atoms with Crippen molar-refractivity contribution in [2.24, 2.45) is 5.84 Å². The fourth-order valence-corrected chi connectivity index (χ4v) is 4.84. The SMILES string of the molecule is C=C.C=C/C=C(\C=C(/C/C(C#N)=C/c1ccc(N(N)CCC)cc1)N(C)C1CCC1)OCCCN1CCCC1.CCCC. The Hall–Kier alpha value is -3.27. The lowest BCUT2D eigenvalue weighted by Gasteiger charge is -2.38. The topological polar surface area (TPSA) is 68.8 Å². The van der Waals surface area contributed by atoms with E-state index in [-0.39, 0.29) is 0 Å². The van der Waals surface area contributed by atoms with E-state index >= 15 is 0 Å². The van der Waals surface area contributed by atoms with Gasteiger partial charge < -0.3 is 19.5 Å². The second-order valence-electron chi connectivity index (χ2n) is 11.1. The summed E-state index contributed by atoms with van der Waals surface area (Å²) in [5, 5.41) is 11.8. The fraction of sp³-hybridized carbons (Fsp3) is 0.541. The molecule has 1 aromatic carbocycles. The van der Waals surface area contributed by atoms with Gasteiger partial charge in [0.05, 0.1) is 18.4 Å². The lowest BCUT2D eigenvalue weighted by atomic mass is 9.90. The van der Waals surface area contributed by atoms with Crippen molar-refractivity contribution in [2.45, 2.75) is 91.0 Å². The van der Waals surface area contributed by atoms with Crippen molar-refractivity contribution >= 4 is 11.8 Å². The molecule has 0 unspecified atom stereocenters. The van der Waals surface area contributed by atoms with Crippen LogP contribution >= 0.6 is 0 Å². The maximum Gasteiger partial charge on any atom is 0.121 e. The highest BCUT2D eigenvalue weighted by Crippen LogP contribution is 2.30. The highest BCUT2D eigenvalue weighted by molar-refractivity contribution is 5.61. The van der Waals surface area contributed by atoms with E-state index in [0.29, 0.717) is 19.1 Å². The minimum atomic E-state index is 0.514. The van der Waals surface area contributed by atoms with Gasteiger partial charge in [-0.15, -0.1) is 13.2 Å². The molecule has 0 radical (unpaired) electrons. The second kappa shape index (κ2) is 23.2. The van der Waals surface area contributed by atoms with E-state index in [1.54, 1.807) is 11.1 Å². The number of ether oxygens (including phenoxy) is 1. The van der Waals surface area contributed by atoms with Crippen molar-refractivity contribution in [3.8, 4) is 6.07 Å². The quantitative estimate of drug-likeness (QED) is 0.0396. The Balaban J connectivity index is 0.00000142. The molecule has 2 N–H and O–H groups in total. The van der Waals surface area contributed by atoms with Gasteiger partial charge in [-0.05, 0) is 94.0 Å². The Labute approximate surface area is 263 Å². The summed E-state index contributed by atoms with van der Waals surface area (Å²) in [6, 6.07) is 11.0. The molecule has 2 fully saturated rings. The predicted molar refractivity (Wildman–Crippen MR) is 186 cm³/mol. The summed E-state index contributed by atoms with van der Waals surface area (Å²) in [5.74, 6) is 6.91. The number of nitrogens with zero attached hydrogens (tertiary/aromatic N) is 4. The summed E-state index contributed by atoms with van der Waals surface area (Å²) in [6.45, 7) is 21.3. The molecule has 1 aliphatic carbocycles. The molecule has 3 rings (SSSR count). The lowest BCUT2D eigenvalue weighted by molar-refractivity contribution is 0.187. The van der Waals surface area contributed by atoms with E-state index in [4.69, 9.17) is 10.6 Å². The number of hydrogen-bond donors (Lipinski definition) is 1. The molecule has 43 heavy (non-hydrogen) atoms. The van der Waals surface area contributed by atoms with Crippen LogP contribution in [-0.4, -0.2) is 55.7 Å². The third-order valence-corrected chi connectivity index (χ3v) is 7.80. The Morgan fingerprint density at radius 3 is 2.23 bits per heavy atom. The molecule has 0 atom stereocenters. The van der Waals surface area contributed by atoms with Gasteiger partial charge in [0.1, 0.15) is 5.76 Å². The number of hydrazine groups is 1. The summed E-state index contributed by atoms with van der Waals surface area (Å²) in [4.78, 5) is 4.84. The Morgan fingerprint density at radius 1 is 1.07 bits per heavy atom. The monoisotopic (exact) mass is 589 g/mol. The first-order valence-corrected chi connectivity index (χ1v) is 16.3. The van der Waals surface area contributed by atoms with Crippen LogP contribution in [0.3, 0.4) is 0 Å². The largest absolute Gasteiger partial charge is 0.493 e. The number of hydrogen-bond acceptors (Lipinski definition) is 6. The van der Waals surface area contributed by atoms with Gasteiger partial charge in [0.15, 0.2) is 0 Å². The van der Waals surface area contributed by atoms with Gasteiger partial charge in [0.2, 0.25) is 0 Å². The summed E-state index contributed by atoms with van der Waals surface area (Å²) in [7, 11) is 2.14. The second-order valence-corrected chi connectivity index (χ2v) is 11.1. The number of nitriles is 1. The third kappa shape index (κ3) is 14.6. The third-order valence-electron chi connectivity index (χ3n) is 7.80. The summed E-state index contributed by atoms with van der Waals surface area (Å²) < 4.78 is 6.18. The first-order valence-electron chi connectivity index (χ1n) is 16.3. The van der Waals surface area contributed by atoms with Crippen molar-refractivity contribution < 1.29 is 4.74 Å². The molecular weight excluding hydrogens is 530 g/mol. The smallest absolute Gasteiger partial charge is 0.121 e. The van der Waals surface area contributed by atoms with Crippen LogP contribution in [0.25, 0.3) is 6.08 Å². The van der Waals surface area contributed by atoms with Crippen LogP contribution in [0.15, 0.2) is 79.3 Å². The fourth-order valence-electron chi connectivity index (χ4n) is 4.84. The average Bonchev–Trinajstić information content (AvgIpc) is 3.53. The van der Waals surface area contributed by atoms with Gasteiger partial charge in [-0.2, -0.15) is 5.26 Å². The van der Waals surface area contributed by atoms with Crippen LogP contribution in [0.4, 0.5) is 5.69 Å². The van der Waals surface area contributed by atoms with Gasteiger partial charge in [0, 0.05) is 43.9 Å². The maximum absolute atomic E-state index is 10.00. The molecule has 2 aliphatic rings. The highest BCUT2D eigenvalue weighted by Gasteiger charge is 2.24. The molecule has 0 amide bonds. The average molecular weight is 590 g/mol. The van der Waals surface area contributed by atoms with E-state index in [0.717, 1.165) is 54.2 Å². The molecule has 0 aromatic heterocycles. The van der Waals surface area contributed by atoms with Crippen molar-refractivity contribution in [2.75, 3.05) is 44.8 Å². The molecule has 0 bridgehead atoms. The van der Waals surface area contributed by atoms with Crippen LogP contribution < -0.4 is 10.9 Å². The van der Waals surface area contributed by atoms with Crippen LogP contribution in [0, 0.1) is 11.3 Å². The van der Waals surface area contributed by atoms with Crippen molar-refractivity contribution in [1.82, 2.24) is 9.80 Å². The lowest BCUT2D eigenvalue weighted by Crippen LogP contribution is -2.36. The van der Waals surface area contributed by atoms with Gasteiger partial charge in [0.25, 0.3) is 0 Å². The Morgan fingerprint density at radius 2 is 1.72 bits per heavy atom. The van der Waals surface area contributed by atoms with E-state index in [1.807, 2.05) is 36.4 Å². The standard InChI is InChI=1S/C31H45N5O.C4H10.C2H4/c1-4-10-31(37-21-9-20-35-18-6-7-19-35)24-30(34(3)28-11-8-12-28)23-27(25-32)22-26-13-15-29(16-14-26)36(33)17-5-2;1-3-4-2;1-2/h4,10,13-16,22,24,28H,1,5-9,11-12,17-21,23,33H2,2-3H3;3-4H2,1-2H3;1-2H2/b27-22-,30-24+,31-10+;;. The highest BCUT2D eigenvalue weighted by atomic mass is 16.5. The normalized spacial score (nSPS) is 15.7. The molecule has 1 saturated heterocycles. The number of benzene rings is 1. The van der Waals surface area contributed by atoms with Crippen LogP contribution in [0.5, 0.6) is 0 Å². The van der Waals surface area contributed by atoms with E-state index in [1.165, 1.54) is 58.0 Å². The first-order chi connectivity index (χ1) is 20.9. The van der Waals surface area contributed by atoms with Crippen LogP contribution in [-0.2, 0) is 4.74 Å². The zero-order valence-corrected chi connectivity index (χ0v) is 27.7. The Bertz CT molecular complexity index is 1020. The zero-order chi connectivity index (χ0) is 31.9. The molecule has 6 heteroatoms. The number of nitrogens with two attached hydrogens (primary N) is 1. The van der Waals surface area contributed by atoms with Crippen LogP contribution in [0.2, 0.25) is 0 Å². The molecule has 1 heterocycles. The molecule has 1 aromatic rings. The number of anilines is 1. The van der Waals surface area contributed by atoms with E-state index in [9.17, 15) is 5.26 Å². The molecule has 238 valence electrons. The van der Waals surface area contributed by atoms with Crippen molar-refractivity contribution in [3.63, 3.8) is 0 Å². The van der Waals surface area contributed by atoms with E-state index in [2.05, 4.69) is 69.5 Å². The van der Waals surface area contributed by atoms with Crippen LogP contribution in [0.1, 0.15) is 90.5 Å². The zero-order valence-electron chi connectivity index (χ0n) is 27.7. The van der Waals surface area contributed by atoms with Gasteiger partial charge >= 0.3 is 0 Å². The predicted octanol–water partition coefficient (Wildman–Crippen LogP) is 8.62. The Kier molecular flexibility index (Phi) is 20.4. The first kappa shape index (κ1) is 37.8. The number of allylic oxidation sites excluding steroid dienone is 4. The summed E-state index contributed by atoms with van der Waals surface area (Å²) in [6.07, 6.45) is 19.2. The molecule has 6 nitrogen and oxygen atoms in total. The maximum atomic E-state index is 10.00. The molecule has 0 spiro atoms. The molecular formula is C37H59N5O. The van der Waals surface area contributed by atoms with Crippen molar-refractivity contribution in [1.29, 1.82) is 5.26 Å².